The first kappa shape index (κ1) is 18.1. The monoisotopic (exact) mass is 416 g/mol. The molecule has 0 spiro atoms. The van der Waals surface area contributed by atoms with Crippen LogP contribution in [-0.2, 0) is 10.0 Å². The second-order valence-electron chi connectivity index (χ2n) is 6.73. The Morgan fingerprint density at radius 2 is 1.77 bits per heavy atom. The van der Waals surface area contributed by atoms with E-state index in [-0.39, 0.29) is 10.8 Å². The minimum atomic E-state index is -3.84. The van der Waals surface area contributed by atoms with E-state index < -0.39 is 10.0 Å². The quantitative estimate of drug-likeness (QED) is 0.464. The summed E-state index contributed by atoms with van der Waals surface area (Å²) in [6, 6.07) is 18.2. The molecule has 0 unspecified atom stereocenters. The average Bonchev–Trinajstić information content (AvgIpc) is 3.13. The largest absolute Gasteiger partial charge is 0.366 e. The van der Waals surface area contributed by atoms with Gasteiger partial charge in [-0.2, -0.15) is 4.98 Å². The molecule has 0 amide bonds. The van der Waals surface area contributed by atoms with Crippen LogP contribution in [-0.4, -0.2) is 28.0 Å². The normalized spacial score (nSPS) is 11.7. The number of nitrogens with one attached hydrogen (secondary N) is 1. The number of fused-ring (bicyclic) bond motifs is 2. The van der Waals surface area contributed by atoms with Gasteiger partial charge in [-0.25, -0.2) is 12.9 Å². The fourth-order valence-electron chi connectivity index (χ4n) is 3.31. The predicted molar refractivity (Wildman–Crippen MR) is 115 cm³/mol. The molecule has 0 aliphatic rings. The highest BCUT2D eigenvalue weighted by Gasteiger charge is 2.17. The molecule has 5 rings (SSSR count). The molecule has 3 N–H and O–H groups in total. The highest BCUT2D eigenvalue weighted by Crippen LogP contribution is 2.27. The van der Waals surface area contributed by atoms with Gasteiger partial charge >= 0.3 is 0 Å². The lowest BCUT2D eigenvalue weighted by Crippen LogP contribution is -2.13. The number of rotatable bonds is 4. The van der Waals surface area contributed by atoms with Gasteiger partial charge in [-0.15, -0.1) is 5.10 Å². The van der Waals surface area contributed by atoms with Crippen LogP contribution in [0.3, 0.4) is 0 Å². The van der Waals surface area contributed by atoms with Crippen LogP contribution in [0.1, 0.15) is 0 Å². The summed E-state index contributed by atoms with van der Waals surface area (Å²) in [6.45, 7) is 0. The van der Waals surface area contributed by atoms with Crippen molar-refractivity contribution in [3.05, 3.63) is 79.3 Å². The summed E-state index contributed by atoms with van der Waals surface area (Å²) < 4.78 is 30.3. The maximum absolute atomic E-state index is 13.0. The zero-order valence-corrected chi connectivity index (χ0v) is 16.4. The number of pyridine rings is 2. The van der Waals surface area contributed by atoms with Crippen molar-refractivity contribution in [1.82, 2.24) is 19.6 Å². The molecule has 0 fully saturated rings. The van der Waals surface area contributed by atoms with E-state index >= 15 is 0 Å². The molecule has 8 nitrogen and oxygen atoms in total. The van der Waals surface area contributed by atoms with E-state index in [1.54, 1.807) is 35.1 Å². The summed E-state index contributed by atoms with van der Waals surface area (Å²) in [5, 5.41) is 5.86. The molecule has 0 aliphatic carbocycles. The minimum Gasteiger partial charge on any atom is -0.366 e. The van der Waals surface area contributed by atoms with Crippen molar-refractivity contribution >= 4 is 38.1 Å². The average molecular weight is 416 g/mol. The van der Waals surface area contributed by atoms with Crippen LogP contribution in [0.2, 0.25) is 0 Å². The van der Waals surface area contributed by atoms with E-state index in [1.807, 2.05) is 42.5 Å². The summed E-state index contributed by atoms with van der Waals surface area (Å²) in [6.07, 6.45) is 4.64. The van der Waals surface area contributed by atoms with Gasteiger partial charge in [-0.1, -0.05) is 36.4 Å². The lowest BCUT2D eigenvalue weighted by atomic mass is 10.1. The number of nitrogens with two attached hydrogens (primary N) is 1. The van der Waals surface area contributed by atoms with Crippen LogP contribution in [0.5, 0.6) is 0 Å². The van der Waals surface area contributed by atoms with Gasteiger partial charge in [0.15, 0.2) is 5.65 Å². The van der Waals surface area contributed by atoms with Gasteiger partial charge in [-0.3, -0.25) is 9.71 Å². The Kier molecular flexibility index (Phi) is 4.11. The Balaban J connectivity index is 1.53. The maximum Gasteiger partial charge on any atom is 0.263 e. The van der Waals surface area contributed by atoms with Crippen LogP contribution < -0.4 is 10.5 Å². The molecule has 0 atom stereocenters. The number of nitrogens with zero attached hydrogens (tertiary/aromatic N) is 4. The van der Waals surface area contributed by atoms with Gasteiger partial charge < -0.3 is 5.73 Å². The lowest BCUT2D eigenvalue weighted by molar-refractivity contribution is 0.601. The van der Waals surface area contributed by atoms with Crippen molar-refractivity contribution in [2.75, 3.05) is 10.5 Å². The molecule has 9 heteroatoms. The molecule has 0 saturated carbocycles. The molecule has 0 saturated heterocycles. The highest BCUT2D eigenvalue weighted by atomic mass is 32.2. The first-order valence-corrected chi connectivity index (χ1v) is 10.6. The van der Waals surface area contributed by atoms with Gasteiger partial charge in [0.25, 0.3) is 10.0 Å². The fourth-order valence-corrected chi connectivity index (χ4v) is 4.38. The molecule has 30 heavy (non-hydrogen) atoms. The molecule has 148 valence electrons. The van der Waals surface area contributed by atoms with Crippen molar-refractivity contribution in [3.8, 4) is 11.1 Å². The smallest absolute Gasteiger partial charge is 0.263 e. The fraction of sp³-hybridized carbons (Fsp3) is 0. The third kappa shape index (κ3) is 3.20. The maximum atomic E-state index is 13.0. The zero-order chi connectivity index (χ0) is 20.7. The SMILES string of the molecule is Nc1nc2ccc(-c3cncc(S(=O)(=O)Nc4cccc5ccccc45)c3)cn2n1. The molecule has 5 aromatic rings. The third-order valence-electron chi connectivity index (χ3n) is 4.74. The first-order chi connectivity index (χ1) is 14.5. The van der Waals surface area contributed by atoms with Gasteiger partial charge in [-0.05, 0) is 29.7 Å². The topological polar surface area (TPSA) is 115 Å². The summed E-state index contributed by atoms with van der Waals surface area (Å²) in [5.41, 5.74) is 8.11. The lowest BCUT2D eigenvalue weighted by Gasteiger charge is -2.11. The van der Waals surface area contributed by atoms with E-state index in [4.69, 9.17) is 5.73 Å². The number of hydrogen-bond donors (Lipinski definition) is 2. The second-order valence-corrected chi connectivity index (χ2v) is 8.41. The molecular weight excluding hydrogens is 400 g/mol. The Bertz CT molecular complexity index is 1510. The zero-order valence-electron chi connectivity index (χ0n) is 15.6. The van der Waals surface area contributed by atoms with E-state index in [9.17, 15) is 8.42 Å². The van der Waals surface area contributed by atoms with Gasteiger partial charge in [0.05, 0.1) is 5.69 Å². The van der Waals surface area contributed by atoms with Gasteiger partial charge in [0.1, 0.15) is 4.90 Å². The number of anilines is 2. The first-order valence-electron chi connectivity index (χ1n) is 9.07. The van der Waals surface area contributed by atoms with E-state index in [0.29, 0.717) is 16.9 Å². The van der Waals surface area contributed by atoms with Crippen LogP contribution in [0.15, 0.2) is 84.1 Å². The summed E-state index contributed by atoms with van der Waals surface area (Å²) >= 11 is 0. The summed E-state index contributed by atoms with van der Waals surface area (Å²) in [7, 11) is -3.84. The Morgan fingerprint density at radius 1 is 0.933 bits per heavy atom. The number of sulfonamides is 1. The van der Waals surface area contributed by atoms with Crippen LogP contribution in [0.4, 0.5) is 11.6 Å². The van der Waals surface area contributed by atoms with Crippen LogP contribution >= 0.6 is 0 Å². The van der Waals surface area contributed by atoms with E-state index in [1.165, 1.54) is 6.20 Å². The van der Waals surface area contributed by atoms with E-state index in [2.05, 4.69) is 19.8 Å². The Labute approximate surface area is 172 Å². The van der Waals surface area contributed by atoms with Gasteiger partial charge in [0.2, 0.25) is 5.95 Å². The van der Waals surface area contributed by atoms with Crippen LogP contribution in [0, 0.1) is 0 Å². The molecule has 3 heterocycles. The third-order valence-corrected chi connectivity index (χ3v) is 6.07. The molecule has 0 bridgehead atoms. The number of hydrogen-bond acceptors (Lipinski definition) is 6. The molecule has 0 radical (unpaired) electrons. The minimum absolute atomic E-state index is 0.0612. The summed E-state index contributed by atoms with van der Waals surface area (Å²) in [4.78, 5) is 8.27. The standard InChI is InChI=1S/C21H16N6O2S/c22-21-24-20-9-8-15(13-27(20)25-21)16-10-17(12-23-11-16)30(28,29)26-19-7-3-5-14-4-1-2-6-18(14)19/h1-13,26H,(H2,22,25). The molecular formula is C21H16N6O2S. The Morgan fingerprint density at radius 3 is 2.67 bits per heavy atom. The van der Waals surface area contributed by atoms with E-state index in [0.717, 1.165) is 16.3 Å². The van der Waals surface area contributed by atoms with Crippen LogP contribution in [0.25, 0.3) is 27.5 Å². The van der Waals surface area contributed by atoms with Crippen molar-refractivity contribution in [1.29, 1.82) is 0 Å². The number of benzene rings is 2. The van der Waals surface area contributed by atoms with Crippen molar-refractivity contribution < 1.29 is 8.42 Å². The van der Waals surface area contributed by atoms with Crippen molar-refractivity contribution in [3.63, 3.8) is 0 Å². The summed E-state index contributed by atoms with van der Waals surface area (Å²) in [5.74, 6) is 0.167. The van der Waals surface area contributed by atoms with Crippen molar-refractivity contribution in [2.24, 2.45) is 0 Å². The second kappa shape index (κ2) is 6.82. The van der Waals surface area contributed by atoms with Gasteiger partial charge in [0, 0.05) is 35.1 Å². The number of nitrogen functional groups attached to an aromatic ring is 1. The van der Waals surface area contributed by atoms with Crippen molar-refractivity contribution in [2.45, 2.75) is 4.90 Å². The molecule has 2 aromatic carbocycles. The highest BCUT2D eigenvalue weighted by molar-refractivity contribution is 7.92. The molecule has 3 aromatic heterocycles. The Hall–Kier alpha value is -3.98. The predicted octanol–water partition coefficient (Wildman–Crippen LogP) is 3.33. The molecule has 0 aliphatic heterocycles. The number of aromatic nitrogens is 4.